The molecule has 7 heteroatoms. The van der Waals surface area contributed by atoms with Gasteiger partial charge in [0.1, 0.15) is 16.2 Å². The molecule has 112 valence electrons. The van der Waals surface area contributed by atoms with Crippen LogP contribution in [0.4, 0.5) is 5.69 Å². The summed E-state index contributed by atoms with van der Waals surface area (Å²) < 4.78 is 0. The van der Waals surface area contributed by atoms with E-state index in [0.717, 1.165) is 15.2 Å². The van der Waals surface area contributed by atoms with Crippen LogP contribution in [0.15, 0.2) is 47.1 Å². The van der Waals surface area contributed by atoms with Gasteiger partial charge < -0.3 is 5.32 Å². The second-order valence-electron chi connectivity index (χ2n) is 4.55. The van der Waals surface area contributed by atoms with E-state index in [2.05, 4.69) is 15.3 Å². The molecule has 0 bridgehead atoms. The topological polar surface area (TPSA) is 54.9 Å². The van der Waals surface area contributed by atoms with Crippen LogP contribution in [0, 0.1) is 0 Å². The summed E-state index contributed by atoms with van der Waals surface area (Å²) in [5, 5.41) is 6.83. The van der Waals surface area contributed by atoms with Crippen molar-refractivity contribution in [1.82, 2.24) is 9.97 Å². The molecule has 22 heavy (non-hydrogen) atoms. The average molecular weight is 350 g/mol. The Balaban J connectivity index is 1.74. The third kappa shape index (κ3) is 3.24. The number of rotatable bonds is 4. The molecule has 0 spiro atoms. The highest BCUT2D eigenvalue weighted by Crippen LogP contribution is 2.31. The number of carbonyl (C=O) groups excluding carboxylic acids is 1. The fourth-order valence-electron chi connectivity index (χ4n) is 1.88. The van der Waals surface area contributed by atoms with Gasteiger partial charge in [-0.15, -0.1) is 11.3 Å². The minimum Gasteiger partial charge on any atom is -0.324 e. The zero-order valence-corrected chi connectivity index (χ0v) is 14.0. The van der Waals surface area contributed by atoms with Crippen molar-refractivity contribution in [3.05, 3.63) is 47.1 Å². The lowest BCUT2D eigenvalue weighted by atomic mass is 10.3. The van der Waals surface area contributed by atoms with Gasteiger partial charge in [0.25, 0.3) is 0 Å². The molecule has 0 unspecified atom stereocenters. The second-order valence-corrected chi connectivity index (χ2v) is 7.18. The number of nitrogens with one attached hydrogen (secondary N) is 1. The Hall–Kier alpha value is -1.63. The zero-order chi connectivity index (χ0) is 15.5. The summed E-state index contributed by atoms with van der Waals surface area (Å²) in [6.45, 7) is 1.84. The van der Waals surface area contributed by atoms with Crippen LogP contribution in [0.25, 0.3) is 10.2 Å². The fourth-order valence-corrected chi connectivity index (χ4v) is 3.76. The third-order valence-electron chi connectivity index (χ3n) is 3.01. The SMILES string of the molecule is C[C@@H](Sc1ncnc2sccc12)C(=O)Nc1ccccc1Cl. The quantitative estimate of drug-likeness (QED) is 0.558. The standard InChI is InChI=1S/C15H12ClN3OS2/c1-9(13(20)19-12-5-3-2-4-11(12)16)22-15-10-6-7-21-14(10)17-8-18-15/h2-9H,1H3,(H,19,20)/t9-/m1/s1. The van der Waals surface area contributed by atoms with Gasteiger partial charge in [-0.3, -0.25) is 4.79 Å². The number of amides is 1. The molecule has 0 aliphatic heterocycles. The Morgan fingerprint density at radius 2 is 2.14 bits per heavy atom. The molecule has 3 rings (SSSR count). The third-order valence-corrected chi connectivity index (χ3v) is 5.28. The van der Waals surface area contributed by atoms with Gasteiger partial charge in [0, 0.05) is 5.39 Å². The Bertz CT molecular complexity index is 821. The van der Waals surface area contributed by atoms with Crippen molar-refractivity contribution >= 4 is 56.5 Å². The van der Waals surface area contributed by atoms with Crippen LogP contribution in [0.2, 0.25) is 5.02 Å². The molecule has 1 atom stereocenters. The van der Waals surface area contributed by atoms with Crippen LogP contribution >= 0.6 is 34.7 Å². The van der Waals surface area contributed by atoms with Gasteiger partial charge in [0.05, 0.1) is 16.0 Å². The molecular weight excluding hydrogens is 338 g/mol. The number of halogens is 1. The number of thiophene rings is 1. The number of hydrogen-bond donors (Lipinski definition) is 1. The van der Waals surface area contributed by atoms with Crippen molar-refractivity contribution in [2.24, 2.45) is 0 Å². The van der Waals surface area contributed by atoms with E-state index in [9.17, 15) is 4.79 Å². The maximum atomic E-state index is 12.3. The van der Waals surface area contributed by atoms with Crippen LogP contribution < -0.4 is 5.32 Å². The zero-order valence-electron chi connectivity index (χ0n) is 11.6. The number of nitrogens with zero attached hydrogens (tertiary/aromatic N) is 2. The molecule has 0 radical (unpaired) electrons. The minimum absolute atomic E-state index is 0.111. The molecule has 3 aromatic rings. The van der Waals surface area contributed by atoms with Crippen molar-refractivity contribution in [1.29, 1.82) is 0 Å². The molecule has 0 saturated carbocycles. The molecule has 2 heterocycles. The lowest BCUT2D eigenvalue weighted by Crippen LogP contribution is -2.22. The van der Waals surface area contributed by atoms with Crippen molar-refractivity contribution in [2.75, 3.05) is 5.32 Å². The molecule has 0 aliphatic rings. The highest BCUT2D eigenvalue weighted by molar-refractivity contribution is 8.00. The predicted octanol–water partition coefficient (Wildman–Crippen LogP) is 4.46. The largest absolute Gasteiger partial charge is 0.324 e. The van der Waals surface area contributed by atoms with E-state index in [1.54, 1.807) is 23.5 Å². The van der Waals surface area contributed by atoms with Crippen LogP contribution in [0.5, 0.6) is 0 Å². The molecule has 0 aliphatic carbocycles. The lowest BCUT2D eigenvalue weighted by Gasteiger charge is -2.12. The molecule has 0 saturated heterocycles. The Kier molecular flexibility index (Phi) is 4.61. The average Bonchev–Trinajstić information content (AvgIpc) is 2.99. The van der Waals surface area contributed by atoms with E-state index >= 15 is 0 Å². The molecule has 0 fully saturated rings. The Morgan fingerprint density at radius 1 is 1.32 bits per heavy atom. The number of hydrogen-bond acceptors (Lipinski definition) is 5. The summed E-state index contributed by atoms with van der Waals surface area (Å²) in [6.07, 6.45) is 1.53. The van der Waals surface area contributed by atoms with Gasteiger partial charge in [0.15, 0.2) is 0 Å². The number of thioether (sulfide) groups is 1. The predicted molar refractivity (Wildman–Crippen MR) is 92.8 cm³/mol. The summed E-state index contributed by atoms with van der Waals surface area (Å²) in [7, 11) is 0. The summed E-state index contributed by atoms with van der Waals surface area (Å²) in [6, 6.07) is 9.15. The Morgan fingerprint density at radius 3 is 2.95 bits per heavy atom. The van der Waals surface area contributed by atoms with E-state index in [4.69, 9.17) is 11.6 Å². The minimum atomic E-state index is -0.297. The van der Waals surface area contributed by atoms with Crippen LogP contribution in [-0.2, 0) is 4.79 Å². The van der Waals surface area contributed by atoms with E-state index in [-0.39, 0.29) is 11.2 Å². The monoisotopic (exact) mass is 349 g/mol. The van der Waals surface area contributed by atoms with E-state index in [1.165, 1.54) is 18.1 Å². The normalized spacial score (nSPS) is 12.3. The number of aromatic nitrogens is 2. The van der Waals surface area contributed by atoms with Gasteiger partial charge in [-0.05, 0) is 30.5 Å². The number of benzene rings is 1. The van der Waals surface area contributed by atoms with Crippen LogP contribution in [0.1, 0.15) is 6.92 Å². The van der Waals surface area contributed by atoms with E-state index in [1.807, 2.05) is 30.5 Å². The van der Waals surface area contributed by atoms with E-state index < -0.39 is 0 Å². The summed E-state index contributed by atoms with van der Waals surface area (Å²) >= 11 is 9.03. The van der Waals surface area contributed by atoms with Gasteiger partial charge in [-0.25, -0.2) is 9.97 Å². The molecule has 4 nitrogen and oxygen atoms in total. The van der Waals surface area contributed by atoms with Crippen molar-refractivity contribution in [3.8, 4) is 0 Å². The lowest BCUT2D eigenvalue weighted by molar-refractivity contribution is -0.115. The summed E-state index contributed by atoms with van der Waals surface area (Å²) in [5.74, 6) is -0.111. The van der Waals surface area contributed by atoms with Crippen LogP contribution in [-0.4, -0.2) is 21.1 Å². The molecule has 2 aromatic heterocycles. The summed E-state index contributed by atoms with van der Waals surface area (Å²) in [4.78, 5) is 21.7. The second kappa shape index (κ2) is 6.64. The van der Waals surface area contributed by atoms with Crippen LogP contribution in [0.3, 0.4) is 0 Å². The summed E-state index contributed by atoms with van der Waals surface area (Å²) in [5.41, 5.74) is 0.616. The first-order valence-corrected chi connectivity index (χ1v) is 8.69. The molecular formula is C15H12ClN3OS2. The maximum absolute atomic E-state index is 12.3. The molecule has 1 amide bonds. The van der Waals surface area contributed by atoms with Crippen molar-refractivity contribution < 1.29 is 4.79 Å². The maximum Gasteiger partial charge on any atom is 0.237 e. The highest BCUT2D eigenvalue weighted by Gasteiger charge is 2.18. The van der Waals surface area contributed by atoms with Gasteiger partial charge in [-0.2, -0.15) is 0 Å². The number of anilines is 1. The highest BCUT2D eigenvalue weighted by atomic mass is 35.5. The first-order valence-electron chi connectivity index (χ1n) is 6.55. The van der Waals surface area contributed by atoms with Crippen molar-refractivity contribution in [3.63, 3.8) is 0 Å². The first kappa shape index (κ1) is 15.3. The number of fused-ring (bicyclic) bond motifs is 1. The number of para-hydroxylation sites is 1. The number of carbonyl (C=O) groups is 1. The first-order chi connectivity index (χ1) is 10.6. The van der Waals surface area contributed by atoms with Gasteiger partial charge in [-0.1, -0.05) is 35.5 Å². The Labute approximate surface area is 140 Å². The van der Waals surface area contributed by atoms with Gasteiger partial charge >= 0.3 is 0 Å². The van der Waals surface area contributed by atoms with E-state index in [0.29, 0.717) is 10.7 Å². The fraction of sp³-hybridized carbons (Fsp3) is 0.133. The molecule has 1 N–H and O–H groups in total. The van der Waals surface area contributed by atoms with Crippen molar-refractivity contribution in [2.45, 2.75) is 17.2 Å². The molecule has 1 aromatic carbocycles. The smallest absolute Gasteiger partial charge is 0.237 e. The van der Waals surface area contributed by atoms with Gasteiger partial charge in [0.2, 0.25) is 5.91 Å².